The van der Waals surface area contributed by atoms with Gasteiger partial charge in [0.2, 0.25) is 0 Å². The van der Waals surface area contributed by atoms with E-state index in [9.17, 15) is 0 Å². The lowest BCUT2D eigenvalue weighted by molar-refractivity contribution is 0.0195. The highest BCUT2D eigenvalue weighted by molar-refractivity contribution is 5.80. The van der Waals surface area contributed by atoms with Crippen molar-refractivity contribution in [2.45, 2.75) is 18.9 Å². The van der Waals surface area contributed by atoms with Crippen molar-refractivity contribution in [3.8, 4) is 11.5 Å². The van der Waals surface area contributed by atoms with Crippen LogP contribution in [0.1, 0.15) is 12.8 Å². The molecule has 0 aromatic heterocycles. The molecule has 7 heteroatoms. The Bertz CT molecular complexity index is 605. The number of hydrogen-bond acceptors (Lipinski definition) is 5. The lowest BCUT2D eigenvalue weighted by Gasteiger charge is -2.32. The summed E-state index contributed by atoms with van der Waals surface area (Å²) in [5.41, 5.74) is 0. The molecular weight excluding hydrogens is 344 g/mol. The number of rotatable bonds is 7. The maximum absolute atomic E-state index is 5.79. The Morgan fingerprint density at radius 1 is 1.26 bits per heavy atom. The summed E-state index contributed by atoms with van der Waals surface area (Å²) in [6.07, 6.45) is 2.11. The van der Waals surface area contributed by atoms with Crippen LogP contribution in [0.25, 0.3) is 0 Å². The average Bonchev–Trinajstić information content (AvgIpc) is 3.21. The Morgan fingerprint density at radius 3 is 2.85 bits per heavy atom. The second kappa shape index (κ2) is 10.4. The molecule has 2 heterocycles. The van der Waals surface area contributed by atoms with Crippen LogP contribution in [0.4, 0.5) is 0 Å². The minimum Gasteiger partial charge on any atom is -0.497 e. The lowest BCUT2D eigenvalue weighted by atomic mass is 10.2. The maximum Gasteiger partial charge on any atom is 0.193 e. The number of ether oxygens (including phenoxy) is 3. The van der Waals surface area contributed by atoms with E-state index in [1.54, 1.807) is 7.11 Å². The quantitative estimate of drug-likeness (QED) is 0.442. The topological polar surface area (TPSA) is 58.6 Å². The minimum absolute atomic E-state index is 0.615. The van der Waals surface area contributed by atoms with Crippen LogP contribution in [-0.2, 0) is 4.74 Å². The molecule has 2 saturated heterocycles. The van der Waals surface area contributed by atoms with Gasteiger partial charge in [-0.2, -0.15) is 0 Å². The van der Waals surface area contributed by atoms with E-state index in [0.717, 1.165) is 69.8 Å². The summed E-state index contributed by atoms with van der Waals surface area (Å²) in [5, 5.41) is 3.47. The molecule has 0 spiro atoms. The fraction of sp³-hybridized carbons (Fsp3) is 0.650. The molecule has 0 radical (unpaired) electrons. The third kappa shape index (κ3) is 5.74. The number of nitrogens with one attached hydrogen (secondary N) is 1. The van der Waals surface area contributed by atoms with Crippen LogP contribution in [0, 0.1) is 0 Å². The Morgan fingerprint density at radius 2 is 2.07 bits per heavy atom. The number of hydrogen-bond donors (Lipinski definition) is 1. The Labute approximate surface area is 162 Å². The Kier molecular flexibility index (Phi) is 7.59. The molecule has 0 bridgehead atoms. The molecule has 0 amide bonds. The monoisotopic (exact) mass is 376 g/mol. The van der Waals surface area contributed by atoms with Gasteiger partial charge >= 0.3 is 0 Å². The molecule has 7 nitrogen and oxygen atoms in total. The first-order valence-corrected chi connectivity index (χ1v) is 9.84. The van der Waals surface area contributed by atoms with Crippen molar-refractivity contribution in [3.05, 3.63) is 24.3 Å². The van der Waals surface area contributed by atoms with E-state index in [1.165, 1.54) is 6.42 Å². The van der Waals surface area contributed by atoms with Crippen LogP contribution in [0.15, 0.2) is 29.3 Å². The van der Waals surface area contributed by atoms with Crippen LogP contribution in [0.3, 0.4) is 0 Å². The van der Waals surface area contributed by atoms with Gasteiger partial charge in [-0.3, -0.25) is 9.89 Å². The molecule has 27 heavy (non-hydrogen) atoms. The van der Waals surface area contributed by atoms with Crippen molar-refractivity contribution < 1.29 is 14.2 Å². The largest absolute Gasteiger partial charge is 0.497 e. The van der Waals surface area contributed by atoms with Gasteiger partial charge in [0, 0.05) is 51.9 Å². The predicted molar refractivity (Wildman–Crippen MR) is 107 cm³/mol. The summed E-state index contributed by atoms with van der Waals surface area (Å²) in [4.78, 5) is 9.38. The first kappa shape index (κ1) is 19.8. The van der Waals surface area contributed by atoms with E-state index < -0.39 is 0 Å². The van der Waals surface area contributed by atoms with Crippen LogP contribution >= 0.6 is 0 Å². The number of methoxy groups -OCH3 is 1. The van der Waals surface area contributed by atoms with Crippen molar-refractivity contribution in [3.63, 3.8) is 0 Å². The number of likely N-dealkylation sites (tertiary alicyclic amines) is 1. The predicted octanol–water partition coefficient (Wildman–Crippen LogP) is 1.45. The summed E-state index contributed by atoms with van der Waals surface area (Å²) >= 11 is 0. The second-order valence-corrected chi connectivity index (χ2v) is 6.89. The third-order valence-electron chi connectivity index (χ3n) is 5.15. The lowest BCUT2D eigenvalue weighted by Crippen LogP contribution is -2.46. The summed E-state index contributed by atoms with van der Waals surface area (Å²) in [5.74, 6) is 2.65. The number of guanidine groups is 1. The maximum atomic E-state index is 5.79. The van der Waals surface area contributed by atoms with E-state index in [4.69, 9.17) is 14.2 Å². The zero-order chi connectivity index (χ0) is 18.9. The van der Waals surface area contributed by atoms with Gasteiger partial charge in [-0.05, 0) is 25.0 Å². The minimum atomic E-state index is 0.615. The zero-order valence-corrected chi connectivity index (χ0v) is 16.5. The summed E-state index contributed by atoms with van der Waals surface area (Å²) in [6, 6.07) is 8.32. The zero-order valence-electron chi connectivity index (χ0n) is 16.5. The molecular formula is C20H32N4O3. The van der Waals surface area contributed by atoms with E-state index >= 15 is 0 Å². The smallest absolute Gasteiger partial charge is 0.193 e. The second-order valence-electron chi connectivity index (χ2n) is 6.89. The summed E-state index contributed by atoms with van der Waals surface area (Å²) in [6.45, 7) is 7.41. The Balaban J connectivity index is 1.35. The molecule has 3 rings (SSSR count). The normalized spacial score (nSPS) is 21.3. The molecule has 1 N–H and O–H groups in total. The fourth-order valence-corrected chi connectivity index (χ4v) is 3.66. The molecule has 150 valence electrons. The SMILES string of the molecule is CN=C(NCCCOc1cccc(OC)c1)N1CCC(N2CCOCC2)C1. The van der Waals surface area contributed by atoms with Crippen molar-refractivity contribution in [2.75, 3.05) is 66.7 Å². The first-order valence-electron chi connectivity index (χ1n) is 9.84. The van der Waals surface area contributed by atoms with Crippen molar-refractivity contribution in [2.24, 2.45) is 4.99 Å². The Hall–Kier alpha value is -1.99. The highest BCUT2D eigenvalue weighted by Crippen LogP contribution is 2.19. The third-order valence-corrected chi connectivity index (χ3v) is 5.15. The molecule has 2 aliphatic heterocycles. The highest BCUT2D eigenvalue weighted by Gasteiger charge is 2.30. The van der Waals surface area contributed by atoms with E-state index in [0.29, 0.717) is 12.6 Å². The number of morpholine rings is 1. The number of aliphatic imine (C=N–C) groups is 1. The van der Waals surface area contributed by atoms with Gasteiger partial charge < -0.3 is 24.4 Å². The van der Waals surface area contributed by atoms with E-state index in [2.05, 4.69) is 20.1 Å². The van der Waals surface area contributed by atoms with Gasteiger partial charge in [0.15, 0.2) is 5.96 Å². The van der Waals surface area contributed by atoms with Gasteiger partial charge in [-0.15, -0.1) is 0 Å². The number of nitrogens with zero attached hydrogens (tertiary/aromatic N) is 3. The van der Waals surface area contributed by atoms with Crippen molar-refractivity contribution >= 4 is 5.96 Å². The van der Waals surface area contributed by atoms with Gasteiger partial charge in [0.1, 0.15) is 11.5 Å². The van der Waals surface area contributed by atoms with E-state index in [-0.39, 0.29) is 0 Å². The first-order chi connectivity index (χ1) is 13.3. The van der Waals surface area contributed by atoms with Crippen molar-refractivity contribution in [1.29, 1.82) is 0 Å². The average molecular weight is 377 g/mol. The molecule has 1 aromatic rings. The highest BCUT2D eigenvalue weighted by atomic mass is 16.5. The molecule has 1 unspecified atom stereocenters. The standard InChI is InChI=1S/C20H32N4O3/c1-21-20(24-9-7-17(16-24)23-10-13-26-14-11-23)22-8-4-12-27-19-6-3-5-18(15-19)25-2/h3,5-6,15,17H,4,7-14,16H2,1-2H3,(H,21,22). The number of benzene rings is 1. The van der Waals surface area contributed by atoms with Crippen LogP contribution in [-0.4, -0.2) is 88.5 Å². The molecule has 2 aliphatic rings. The van der Waals surface area contributed by atoms with Gasteiger partial charge in [0.25, 0.3) is 0 Å². The summed E-state index contributed by atoms with van der Waals surface area (Å²) in [7, 11) is 3.52. The van der Waals surface area contributed by atoms with Gasteiger partial charge in [-0.25, -0.2) is 0 Å². The molecule has 0 aliphatic carbocycles. The van der Waals surface area contributed by atoms with Crippen LogP contribution in [0.5, 0.6) is 11.5 Å². The van der Waals surface area contributed by atoms with Gasteiger partial charge in [-0.1, -0.05) is 6.07 Å². The van der Waals surface area contributed by atoms with Crippen molar-refractivity contribution in [1.82, 2.24) is 15.1 Å². The van der Waals surface area contributed by atoms with Crippen LogP contribution in [0.2, 0.25) is 0 Å². The fourth-order valence-electron chi connectivity index (χ4n) is 3.66. The molecule has 1 atom stereocenters. The summed E-state index contributed by atoms with van der Waals surface area (Å²) < 4.78 is 16.5. The molecule has 2 fully saturated rings. The molecule has 0 saturated carbocycles. The van der Waals surface area contributed by atoms with E-state index in [1.807, 2.05) is 31.3 Å². The van der Waals surface area contributed by atoms with Crippen LogP contribution < -0.4 is 14.8 Å². The molecule has 1 aromatic carbocycles. The van der Waals surface area contributed by atoms with Gasteiger partial charge in [0.05, 0.1) is 26.9 Å².